The second-order valence-corrected chi connectivity index (χ2v) is 6.48. The zero-order valence-corrected chi connectivity index (χ0v) is 12.3. The van der Waals surface area contributed by atoms with Gasteiger partial charge in [-0.2, -0.15) is 5.26 Å². The Bertz CT molecular complexity index is 372. The molecule has 1 aliphatic rings. The van der Waals surface area contributed by atoms with Gasteiger partial charge in [-0.25, -0.2) is 0 Å². The van der Waals surface area contributed by atoms with Crippen molar-refractivity contribution < 1.29 is 0 Å². The maximum absolute atomic E-state index is 9.68. The summed E-state index contributed by atoms with van der Waals surface area (Å²) in [6.07, 6.45) is 5.15. The van der Waals surface area contributed by atoms with Crippen molar-refractivity contribution in [1.82, 2.24) is 5.32 Å². The molecule has 1 aliphatic carbocycles. The van der Waals surface area contributed by atoms with Crippen LogP contribution in [0.25, 0.3) is 10.4 Å². The van der Waals surface area contributed by atoms with E-state index in [0.29, 0.717) is 12.5 Å². The number of nitrogens with one attached hydrogen (secondary N) is 1. The lowest BCUT2D eigenvalue weighted by Crippen LogP contribution is -2.56. The van der Waals surface area contributed by atoms with Crippen LogP contribution in [-0.4, -0.2) is 18.6 Å². The first-order chi connectivity index (χ1) is 8.96. The molecule has 2 unspecified atom stereocenters. The van der Waals surface area contributed by atoms with E-state index in [-0.39, 0.29) is 5.41 Å². The molecule has 0 radical (unpaired) electrons. The predicted octanol–water partition coefficient (Wildman–Crippen LogP) is 3.78. The fourth-order valence-electron chi connectivity index (χ4n) is 3.24. The van der Waals surface area contributed by atoms with Gasteiger partial charge in [-0.1, -0.05) is 38.7 Å². The first-order valence-corrected chi connectivity index (χ1v) is 7.13. The Labute approximate surface area is 116 Å². The van der Waals surface area contributed by atoms with Gasteiger partial charge in [-0.3, -0.25) is 5.32 Å². The molecule has 1 saturated carbocycles. The average Bonchev–Trinajstić information content (AvgIpc) is 2.37. The van der Waals surface area contributed by atoms with E-state index in [9.17, 15) is 5.26 Å². The van der Waals surface area contributed by atoms with Gasteiger partial charge in [0.2, 0.25) is 0 Å². The molecule has 0 heterocycles. The van der Waals surface area contributed by atoms with E-state index in [1.54, 1.807) is 0 Å². The van der Waals surface area contributed by atoms with Crippen LogP contribution >= 0.6 is 0 Å². The molecule has 0 amide bonds. The van der Waals surface area contributed by atoms with Crippen LogP contribution < -0.4 is 5.32 Å². The van der Waals surface area contributed by atoms with Gasteiger partial charge in [0.25, 0.3) is 0 Å². The topological polar surface area (TPSA) is 84.6 Å². The number of hydrogen-bond donors (Lipinski definition) is 1. The normalized spacial score (nSPS) is 27.4. The molecule has 0 aromatic carbocycles. The van der Waals surface area contributed by atoms with Gasteiger partial charge in [0.15, 0.2) is 0 Å². The smallest absolute Gasteiger partial charge is 0.110 e. The highest BCUT2D eigenvalue weighted by atomic mass is 15.1. The van der Waals surface area contributed by atoms with Gasteiger partial charge in [0.1, 0.15) is 5.54 Å². The number of azide groups is 1. The summed E-state index contributed by atoms with van der Waals surface area (Å²) >= 11 is 0. The van der Waals surface area contributed by atoms with Crippen LogP contribution in [0.5, 0.6) is 0 Å². The highest BCUT2D eigenvalue weighted by Gasteiger charge is 2.46. The number of nitrogens with zero attached hydrogens (tertiary/aromatic N) is 4. The molecule has 0 bridgehead atoms. The fourth-order valence-corrected chi connectivity index (χ4v) is 3.24. The van der Waals surface area contributed by atoms with E-state index in [0.717, 1.165) is 32.2 Å². The van der Waals surface area contributed by atoms with Crippen LogP contribution in [0.3, 0.4) is 0 Å². The molecule has 1 fully saturated rings. The third-order valence-corrected chi connectivity index (χ3v) is 4.09. The van der Waals surface area contributed by atoms with Gasteiger partial charge in [-0.05, 0) is 42.7 Å². The minimum atomic E-state index is -0.410. The maximum atomic E-state index is 9.68. The highest BCUT2D eigenvalue weighted by molar-refractivity contribution is 5.14. The third-order valence-electron chi connectivity index (χ3n) is 4.09. The largest absolute Gasteiger partial charge is 0.299 e. The standard InChI is InChI=1S/C14H25N5/c1-13(2,3)12-7-4-5-8-14(12,11-15)17-9-6-10-18-19-16/h12,17H,4-10H2,1-3H3. The molecule has 19 heavy (non-hydrogen) atoms. The first kappa shape index (κ1) is 15.8. The Morgan fingerprint density at radius 1 is 1.47 bits per heavy atom. The number of nitriles is 1. The van der Waals surface area contributed by atoms with Gasteiger partial charge in [0, 0.05) is 11.5 Å². The lowest BCUT2D eigenvalue weighted by Gasteiger charge is -2.46. The first-order valence-electron chi connectivity index (χ1n) is 7.13. The molecule has 1 rings (SSSR count). The van der Waals surface area contributed by atoms with Crippen molar-refractivity contribution in [3.63, 3.8) is 0 Å². The third kappa shape index (κ3) is 4.12. The molecular weight excluding hydrogens is 238 g/mol. The van der Waals surface area contributed by atoms with Crippen LogP contribution in [0.2, 0.25) is 0 Å². The molecule has 0 aromatic heterocycles. The highest BCUT2D eigenvalue weighted by Crippen LogP contribution is 2.44. The SMILES string of the molecule is CC(C)(C)C1CCCCC1(C#N)NCCCN=[N+]=[N-]. The van der Waals surface area contributed by atoms with E-state index < -0.39 is 5.54 Å². The monoisotopic (exact) mass is 263 g/mol. The Morgan fingerprint density at radius 3 is 2.79 bits per heavy atom. The Morgan fingerprint density at radius 2 is 2.21 bits per heavy atom. The minimum Gasteiger partial charge on any atom is -0.299 e. The summed E-state index contributed by atoms with van der Waals surface area (Å²) in [6.45, 7) is 7.88. The second-order valence-electron chi connectivity index (χ2n) is 6.48. The zero-order valence-electron chi connectivity index (χ0n) is 12.3. The Kier molecular flexibility index (Phi) is 5.65. The van der Waals surface area contributed by atoms with E-state index >= 15 is 0 Å². The summed E-state index contributed by atoms with van der Waals surface area (Å²) in [5, 5.41) is 16.7. The van der Waals surface area contributed by atoms with Crippen LogP contribution in [0.4, 0.5) is 0 Å². The van der Waals surface area contributed by atoms with Crippen molar-refractivity contribution in [2.24, 2.45) is 16.4 Å². The van der Waals surface area contributed by atoms with Crippen molar-refractivity contribution >= 4 is 0 Å². The summed E-state index contributed by atoms with van der Waals surface area (Å²) < 4.78 is 0. The molecule has 106 valence electrons. The molecule has 5 heteroatoms. The molecule has 5 nitrogen and oxygen atoms in total. The number of hydrogen-bond acceptors (Lipinski definition) is 3. The van der Waals surface area contributed by atoms with E-state index in [1.807, 2.05) is 0 Å². The van der Waals surface area contributed by atoms with E-state index in [4.69, 9.17) is 5.53 Å². The van der Waals surface area contributed by atoms with Crippen molar-refractivity contribution in [2.45, 2.75) is 58.4 Å². The Hall–Kier alpha value is -1.24. The molecular formula is C14H25N5. The van der Waals surface area contributed by atoms with Gasteiger partial charge in [0.05, 0.1) is 6.07 Å². The van der Waals surface area contributed by atoms with Crippen molar-refractivity contribution in [3.8, 4) is 6.07 Å². The van der Waals surface area contributed by atoms with Crippen LogP contribution in [-0.2, 0) is 0 Å². The van der Waals surface area contributed by atoms with E-state index in [1.165, 1.54) is 6.42 Å². The number of rotatable bonds is 5. The quantitative estimate of drug-likeness (QED) is 0.354. The summed E-state index contributed by atoms with van der Waals surface area (Å²) in [4.78, 5) is 2.74. The lowest BCUT2D eigenvalue weighted by molar-refractivity contribution is 0.0882. The second kappa shape index (κ2) is 6.79. The fraction of sp³-hybridized carbons (Fsp3) is 0.929. The summed E-state index contributed by atoms with van der Waals surface area (Å²) in [5.74, 6) is 0.373. The van der Waals surface area contributed by atoms with Crippen molar-refractivity contribution in [2.75, 3.05) is 13.1 Å². The molecule has 0 aliphatic heterocycles. The Balaban J connectivity index is 2.69. The van der Waals surface area contributed by atoms with Crippen molar-refractivity contribution in [3.05, 3.63) is 10.4 Å². The molecule has 2 atom stereocenters. The van der Waals surface area contributed by atoms with Crippen molar-refractivity contribution in [1.29, 1.82) is 5.26 Å². The van der Waals surface area contributed by atoms with Gasteiger partial charge in [-0.15, -0.1) is 0 Å². The average molecular weight is 263 g/mol. The summed E-state index contributed by atoms with van der Waals surface area (Å²) in [6, 6.07) is 2.55. The lowest BCUT2D eigenvalue weighted by atomic mass is 9.62. The predicted molar refractivity (Wildman–Crippen MR) is 76.4 cm³/mol. The molecule has 0 aromatic rings. The van der Waals surface area contributed by atoms with Gasteiger partial charge >= 0.3 is 0 Å². The summed E-state index contributed by atoms with van der Waals surface area (Å²) in [5.41, 5.74) is 7.97. The molecule has 0 spiro atoms. The maximum Gasteiger partial charge on any atom is 0.110 e. The van der Waals surface area contributed by atoms with Gasteiger partial charge < -0.3 is 0 Å². The molecule has 0 saturated heterocycles. The summed E-state index contributed by atoms with van der Waals surface area (Å²) in [7, 11) is 0. The van der Waals surface area contributed by atoms with E-state index in [2.05, 4.69) is 42.2 Å². The minimum absolute atomic E-state index is 0.133. The van der Waals surface area contributed by atoms with Crippen LogP contribution in [0, 0.1) is 22.7 Å². The van der Waals surface area contributed by atoms with Crippen LogP contribution in [0.15, 0.2) is 5.11 Å². The van der Waals surface area contributed by atoms with Crippen LogP contribution in [0.1, 0.15) is 52.9 Å². The zero-order chi connectivity index (χ0) is 14.4. The molecule has 1 N–H and O–H groups in total.